The first-order valence-electron chi connectivity index (χ1n) is 5.79. The minimum absolute atomic E-state index is 0.0648. The van der Waals surface area contributed by atoms with E-state index in [4.69, 9.17) is 16.7 Å². The highest BCUT2D eigenvalue weighted by atomic mass is 35.5. The average Bonchev–Trinajstić information content (AvgIpc) is 2.87. The second-order valence-electron chi connectivity index (χ2n) is 4.10. The van der Waals surface area contributed by atoms with E-state index in [1.807, 2.05) is 12.1 Å². The quantitative estimate of drug-likeness (QED) is 0.925. The largest absolute Gasteiger partial charge is 0.395 e. The summed E-state index contributed by atoms with van der Waals surface area (Å²) in [6, 6.07) is 7.21. The number of carbonyl (C=O) groups is 1. The lowest BCUT2D eigenvalue weighted by Crippen LogP contribution is -2.29. The van der Waals surface area contributed by atoms with E-state index in [1.54, 1.807) is 30.1 Å². The van der Waals surface area contributed by atoms with Crippen LogP contribution in [0.5, 0.6) is 0 Å². The van der Waals surface area contributed by atoms with Crippen LogP contribution in [0.1, 0.15) is 10.4 Å². The van der Waals surface area contributed by atoms with Crippen LogP contribution in [0.2, 0.25) is 5.02 Å². The molecule has 1 amide bonds. The molecular formula is C13H14ClN3O2. The van der Waals surface area contributed by atoms with Crippen LogP contribution < -0.4 is 0 Å². The number of aliphatic hydroxyl groups excluding tert-OH is 1. The molecule has 0 aliphatic heterocycles. The highest BCUT2D eigenvalue weighted by Gasteiger charge is 2.13. The van der Waals surface area contributed by atoms with E-state index < -0.39 is 0 Å². The van der Waals surface area contributed by atoms with Crippen molar-refractivity contribution >= 4 is 17.5 Å². The van der Waals surface area contributed by atoms with Gasteiger partial charge in [0.2, 0.25) is 0 Å². The summed E-state index contributed by atoms with van der Waals surface area (Å²) in [6.45, 7) is 0.228. The van der Waals surface area contributed by atoms with Crippen molar-refractivity contribution in [2.45, 2.75) is 0 Å². The maximum atomic E-state index is 12.0. The van der Waals surface area contributed by atoms with E-state index in [0.29, 0.717) is 17.1 Å². The molecule has 6 heteroatoms. The zero-order chi connectivity index (χ0) is 13.8. The molecule has 1 aromatic carbocycles. The van der Waals surface area contributed by atoms with Crippen LogP contribution in [0.25, 0.3) is 5.69 Å². The standard InChI is InChI=1S/C13H14ClN3O2/c1-16(5-6-18)13(19)10-8-15-17(9-10)12-4-2-3-11(14)7-12/h2-4,7-9,18H,5-6H2,1H3. The van der Waals surface area contributed by atoms with Crippen molar-refractivity contribution in [3.63, 3.8) is 0 Å². The number of rotatable bonds is 4. The Morgan fingerprint density at radius 1 is 1.53 bits per heavy atom. The molecule has 1 N–H and O–H groups in total. The molecule has 1 heterocycles. The molecule has 2 aromatic rings. The lowest BCUT2D eigenvalue weighted by atomic mass is 10.3. The summed E-state index contributed by atoms with van der Waals surface area (Å²) in [5.41, 5.74) is 1.26. The van der Waals surface area contributed by atoms with E-state index in [2.05, 4.69) is 5.10 Å². The van der Waals surface area contributed by atoms with Crippen molar-refractivity contribution in [1.29, 1.82) is 0 Å². The van der Waals surface area contributed by atoms with Crippen molar-refractivity contribution in [3.05, 3.63) is 47.2 Å². The fourth-order valence-corrected chi connectivity index (χ4v) is 1.85. The molecule has 0 radical (unpaired) electrons. The van der Waals surface area contributed by atoms with Gasteiger partial charge in [0.05, 0.1) is 24.1 Å². The van der Waals surface area contributed by atoms with Gasteiger partial charge in [-0.15, -0.1) is 0 Å². The van der Waals surface area contributed by atoms with Gasteiger partial charge in [-0.1, -0.05) is 17.7 Å². The van der Waals surface area contributed by atoms with Gasteiger partial charge in [-0.3, -0.25) is 4.79 Å². The number of benzene rings is 1. The van der Waals surface area contributed by atoms with E-state index in [-0.39, 0.29) is 12.5 Å². The third-order valence-electron chi connectivity index (χ3n) is 2.68. The van der Waals surface area contributed by atoms with Crippen molar-refractivity contribution in [3.8, 4) is 5.69 Å². The van der Waals surface area contributed by atoms with Crippen LogP contribution in [0.4, 0.5) is 0 Å². The highest BCUT2D eigenvalue weighted by Crippen LogP contribution is 2.15. The van der Waals surface area contributed by atoms with E-state index in [1.165, 1.54) is 11.1 Å². The third-order valence-corrected chi connectivity index (χ3v) is 2.92. The maximum Gasteiger partial charge on any atom is 0.256 e. The van der Waals surface area contributed by atoms with Gasteiger partial charge in [0.25, 0.3) is 5.91 Å². The van der Waals surface area contributed by atoms with Crippen LogP contribution in [-0.2, 0) is 0 Å². The summed E-state index contributed by atoms with van der Waals surface area (Å²) in [6.07, 6.45) is 3.14. The van der Waals surface area contributed by atoms with Gasteiger partial charge in [0, 0.05) is 24.8 Å². The monoisotopic (exact) mass is 279 g/mol. The zero-order valence-corrected chi connectivity index (χ0v) is 11.2. The number of carbonyl (C=O) groups excluding carboxylic acids is 1. The average molecular weight is 280 g/mol. The fraction of sp³-hybridized carbons (Fsp3) is 0.231. The SMILES string of the molecule is CN(CCO)C(=O)c1cnn(-c2cccc(Cl)c2)c1. The Hall–Kier alpha value is -1.85. The van der Waals surface area contributed by atoms with Crippen LogP contribution in [0, 0.1) is 0 Å². The molecule has 0 aliphatic carbocycles. The number of aromatic nitrogens is 2. The number of aliphatic hydroxyl groups is 1. The first kappa shape index (κ1) is 13.6. The summed E-state index contributed by atoms with van der Waals surface area (Å²) in [4.78, 5) is 13.4. The molecular weight excluding hydrogens is 266 g/mol. The molecule has 0 fully saturated rings. The van der Waals surface area contributed by atoms with Crippen molar-refractivity contribution in [2.75, 3.05) is 20.2 Å². The number of nitrogens with zero attached hydrogens (tertiary/aromatic N) is 3. The second kappa shape index (κ2) is 5.86. The van der Waals surface area contributed by atoms with Gasteiger partial charge < -0.3 is 10.0 Å². The number of hydrogen-bond acceptors (Lipinski definition) is 3. The molecule has 0 saturated heterocycles. The lowest BCUT2D eigenvalue weighted by molar-refractivity contribution is 0.0767. The second-order valence-corrected chi connectivity index (χ2v) is 4.54. The Kier molecular flexibility index (Phi) is 4.19. The highest BCUT2D eigenvalue weighted by molar-refractivity contribution is 6.30. The molecule has 5 nitrogen and oxygen atoms in total. The van der Waals surface area contributed by atoms with E-state index >= 15 is 0 Å². The molecule has 0 atom stereocenters. The number of likely N-dealkylation sites (N-methyl/N-ethyl adjacent to an activating group) is 1. The van der Waals surface area contributed by atoms with Gasteiger partial charge in [0.15, 0.2) is 0 Å². The van der Waals surface area contributed by atoms with Crippen LogP contribution in [0.15, 0.2) is 36.7 Å². The Morgan fingerprint density at radius 2 is 2.32 bits per heavy atom. The molecule has 0 unspecified atom stereocenters. The van der Waals surface area contributed by atoms with Crippen LogP contribution in [0.3, 0.4) is 0 Å². The molecule has 100 valence electrons. The summed E-state index contributed by atoms with van der Waals surface area (Å²) in [5, 5.41) is 13.6. The van der Waals surface area contributed by atoms with Gasteiger partial charge >= 0.3 is 0 Å². The Morgan fingerprint density at radius 3 is 3.00 bits per heavy atom. The topological polar surface area (TPSA) is 58.4 Å². The first-order chi connectivity index (χ1) is 9.11. The van der Waals surface area contributed by atoms with Crippen molar-refractivity contribution < 1.29 is 9.90 Å². The van der Waals surface area contributed by atoms with Crippen LogP contribution >= 0.6 is 11.6 Å². The molecule has 0 bridgehead atoms. The van der Waals surface area contributed by atoms with Gasteiger partial charge in [-0.25, -0.2) is 4.68 Å². The van der Waals surface area contributed by atoms with Crippen LogP contribution in [-0.4, -0.2) is 45.9 Å². The summed E-state index contributed by atoms with van der Waals surface area (Å²) < 4.78 is 1.59. The molecule has 1 aromatic heterocycles. The van der Waals surface area contributed by atoms with E-state index in [0.717, 1.165) is 5.69 Å². The van der Waals surface area contributed by atoms with Gasteiger partial charge in [-0.2, -0.15) is 5.10 Å². The van der Waals surface area contributed by atoms with Gasteiger partial charge in [-0.05, 0) is 18.2 Å². The van der Waals surface area contributed by atoms with E-state index in [9.17, 15) is 4.79 Å². The summed E-state index contributed by atoms with van der Waals surface area (Å²) in [5.74, 6) is -0.178. The molecule has 0 aliphatic rings. The minimum atomic E-state index is -0.178. The third kappa shape index (κ3) is 3.13. The number of amides is 1. The minimum Gasteiger partial charge on any atom is -0.395 e. The summed E-state index contributed by atoms with van der Waals surface area (Å²) >= 11 is 5.91. The Bertz CT molecular complexity index is 583. The molecule has 19 heavy (non-hydrogen) atoms. The summed E-state index contributed by atoms with van der Waals surface area (Å²) in [7, 11) is 1.63. The normalized spacial score (nSPS) is 10.5. The smallest absolute Gasteiger partial charge is 0.256 e. The molecule has 0 spiro atoms. The zero-order valence-electron chi connectivity index (χ0n) is 10.5. The van der Waals surface area contributed by atoms with Crippen molar-refractivity contribution in [2.24, 2.45) is 0 Å². The number of halogens is 1. The first-order valence-corrected chi connectivity index (χ1v) is 6.16. The molecule has 2 rings (SSSR count). The predicted molar refractivity (Wildman–Crippen MR) is 72.6 cm³/mol. The Balaban J connectivity index is 2.22. The van der Waals surface area contributed by atoms with Crippen molar-refractivity contribution in [1.82, 2.24) is 14.7 Å². The predicted octanol–water partition coefficient (Wildman–Crippen LogP) is 1.59. The van der Waals surface area contributed by atoms with Gasteiger partial charge in [0.1, 0.15) is 0 Å². The Labute approximate surface area is 116 Å². The maximum absolute atomic E-state index is 12.0. The molecule has 0 saturated carbocycles. The number of hydrogen-bond donors (Lipinski definition) is 1. The lowest BCUT2D eigenvalue weighted by Gasteiger charge is -2.13. The fourth-order valence-electron chi connectivity index (χ4n) is 1.67.